The number of nitrogens with one attached hydrogen (secondary N) is 1. The maximum Gasteiger partial charge on any atom is 0.0302 e. The van der Waals surface area contributed by atoms with Crippen LogP contribution in [0.4, 0.5) is 0 Å². The maximum atomic E-state index is 3.80. The van der Waals surface area contributed by atoms with E-state index < -0.39 is 0 Å². The highest BCUT2D eigenvalue weighted by Crippen LogP contribution is 2.44. The third-order valence-electron chi connectivity index (χ3n) is 4.68. The molecule has 100 valence electrons. The molecule has 2 saturated carbocycles. The highest BCUT2D eigenvalue weighted by Gasteiger charge is 2.38. The van der Waals surface area contributed by atoms with Crippen LogP contribution in [0.2, 0.25) is 0 Å². The van der Waals surface area contributed by atoms with Crippen LogP contribution in [0.5, 0.6) is 0 Å². The third-order valence-corrected chi connectivity index (χ3v) is 6.19. The Morgan fingerprint density at radius 3 is 2.61 bits per heavy atom. The van der Waals surface area contributed by atoms with E-state index in [4.69, 9.17) is 0 Å². The van der Waals surface area contributed by atoms with E-state index in [2.05, 4.69) is 38.2 Å². The summed E-state index contributed by atoms with van der Waals surface area (Å²) in [6.07, 6.45) is 5.90. The summed E-state index contributed by atoms with van der Waals surface area (Å²) in [5, 5.41) is 3.80. The van der Waals surface area contributed by atoms with Gasteiger partial charge in [-0.2, -0.15) is 0 Å². The van der Waals surface area contributed by atoms with Crippen molar-refractivity contribution in [2.75, 3.05) is 0 Å². The Morgan fingerprint density at radius 2 is 2.06 bits per heavy atom. The second kappa shape index (κ2) is 4.64. The molecule has 2 aliphatic rings. The Bertz CT molecular complexity index is 415. The maximum absolute atomic E-state index is 3.80. The van der Waals surface area contributed by atoms with E-state index in [9.17, 15) is 0 Å². The van der Waals surface area contributed by atoms with Crippen LogP contribution in [0.25, 0.3) is 0 Å². The van der Waals surface area contributed by atoms with Crippen molar-refractivity contribution in [1.82, 2.24) is 5.32 Å². The first-order valence-electron chi connectivity index (χ1n) is 7.35. The smallest absolute Gasteiger partial charge is 0.0302 e. The van der Waals surface area contributed by atoms with Gasteiger partial charge in [-0.1, -0.05) is 27.2 Å². The van der Waals surface area contributed by atoms with E-state index in [1.165, 1.54) is 35.4 Å². The summed E-state index contributed by atoms with van der Waals surface area (Å²) < 4.78 is 0. The minimum atomic E-state index is 0.301. The van der Waals surface area contributed by atoms with Gasteiger partial charge in [-0.15, -0.1) is 11.3 Å². The molecule has 1 aromatic heterocycles. The number of fused-ring (bicyclic) bond motifs is 2. The summed E-state index contributed by atoms with van der Waals surface area (Å²) in [7, 11) is 0. The predicted octanol–water partition coefficient (Wildman–Crippen LogP) is 4.32. The zero-order chi connectivity index (χ0) is 12.8. The molecule has 0 amide bonds. The number of rotatable bonds is 3. The van der Waals surface area contributed by atoms with Gasteiger partial charge in [-0.3, -0.25) is 0 Å². The molecule has 0 radical (unpaired) electrons. The minimum absolute atomic E-state index is 0.301. The van der Waals surface area contributed by atoms with Crippen molar-refractivity contribution in [2.45, 2.75) is 64.5 Å². The third kappa shape index (κ3) is 2.50. The van der Waals surface area contributed by atoms with E-state index in [-0.39, 0.29) is 0 Å². The SMILES string of the molecule is CC(C)(C)c1ccc(CNC2CC3CCC2C3)s1. The van der Waals surface area contributed by atoms with Crippen LogP contribution in [0, 0.1) is 11.8 Å². The molecule has 1 aromatic rings. The summed E-state index contributed by atoms with van der Waals surface area (Å²) in [6, 6.07) is 5.43. The first-order valence-corrected chi connectivity index (χ1v) is 8.16. The van der Waals surface area contributed by atoms with Gasteiger partial charge in [0.25, 0.3) is 0 Å². The molecular formula is C16H25NS. The van der Waals surface area contributed by atoms with E-state index >= 15 is 0 Å². The van der Waals surface area contributed by atoms with Crippen molar-refractivity contribution in [2.24, 2.45) is 11.8 Å². The molecule has 2 bridgehead atoms. The van der Waals surface area contributed by atoms with Gasteiger partial charge in [0.2, 0.25) is 0 Å². The zero-order valence-electron chi connectivity index (χ0n) is 11.8. The first-order chi connectivity index (χ1) is 8.52. The number of thiophene rings is 1. The topological polar surface area (TPSA) is 12.0 Å². The summed E-state index contributed by atoms with van der Waals surface area (Å²) in [5.74, 6) is 2.03. The fraction of sp³-hybridized carbons (Fsp3) is 0.750. The number of hydrogen-bond donors (Lipinski definition) is 1. The summed E-state index contributed by atoms with van der Waals surface area (Å²) in [5.41, 5.74) is 0.301. The Balaban J connectivity index is 1.56. The molecule has 2 heteroatoms. The molecule has 0 spiro atoms. The highest BCUT2D eigenvalue weighted by molar-refractivity contribution is 7.12. The van der Waals surface area contributed by atoms with E-state index in [1.54, 1.807) is 0 Å². The van der Waals surface area contributed by atoms with Crippen molar-refractivity contribution in [3.05, 3.63) is 21.9 Å². The molecule has 0 aliphatic heterocycles. The molecule has 3 atom stereocenters. The Morgan fingerprint density at radius 1 is 1.22 bits per heavy atom. The fourth-order valence-corrected chi connectivity index (χ4v) is 4.62. The molecule has 0 saturated heterocycles. The molecular weight excluding hydrogens is 238 g/mol. The van der Waals surface area contributed by atoms with E-state index in [0.717, 1.165) is 24.4 Å². The van der Waals surface area contributed by atoms with Crippen molar-refractivity contribution < 1.29 is 0 Å². The lowest BCUT2D eigenvalue weighted by atomic mass is 9.95. The molecule has 18 heavy (non-hydrogen) atoms. The zero-order valence-corrected chi connectivity index (χ0v) is 12.6. The van der Waals surface area contributed by atoms with Crippen LogP contribution in [0.1, 0.15) is 56.2 Å². The van der Waals surface area contributed by atoms with Crippen LogP contribution >= 0.6 is 11.3 Å². The van der Waals surface area contributed by atoms with Gasteiger partial charge < -0.3 is 5.32 Å². The second-order valence-electron chi connectivity index (χ2n) is 7.18. The molecule has 3 rings (SSSR count). The molecule has 0 aromatic carbocycles. The largest absolute Gasteiger partial charge is 0.309 e. The van der Waals surface area contributed by atoms with Gasteiger partial charge in [-0.05, 0) is 48.6 Å². The molecule has 3 unspecified atom stereocenters. The predicted molar refractivity (Wildman–Crippen MR) is 79.1 cm³/mol. The quantitative estimate of drug-likeness (QED) is 0.856. The summed E-state index contributed by atoms with van der Waals surface area (Å²) in [6.45, 7) is 7.97. The van der Waals surface area contributed by atoms with Crippen LogP contribution in [-0.4, -0.2) is 6.04 Å². The Kier molecular flexibility index (Phi) is 3.27. The van der Waals surface area contributed by atoms with Gasteiger partial charge in [0.05, 0.1) is 0 Å². The van der Waals surface area contributed by atoms with E-state index in [1.807, 2.05) is 11.3 Å². The summed E-state index contributed by atoms with van der Waals surface area (Å²) in [4.78, 5) is 3.01. The lowest BCUT2D eigenvalue weighted by Crippen LogP contribution is -2.33. The van der Waals surface area contributed by atoms with Crippen LogP contribution < -0.4 is 5.32 Å². The molecule has 1 heterocycles. The Labute approximate surface area is 115 Å². The van der Waals surface area contributed by atoms with Gasteiger partial charge >= 0.3 is 0 Å². The molecule has 2 aliphatic carbocycles. The second-order valence-corrected chi connectivity index (χ2v) is 8.35. The summed E-state index contributed by atoms with van der Waals surface area (Å²) >= 11 is 1.98. The van der Waals surface area contributed by atoms with Crippen molar-refractivity contribution in [3.8, 4) is 0 Å². The van der Waals surface area contributed by atoms with Crippen molar-refractivity contribution in [1.29, 1.82) is 0 Å². The van der Waals surface area contributed by atoms with Gasteiger partial charge in [0.1, 0.15) is 0 Å². The number of hydrogen-bond acceptors (Lipinski definition) is 2. The lowest BCUT2D eigenvalue weighted by molar-refractivity contribution is 0.351. The average molecular weight is 263 g/mol. The van der Waals surface area contributed by atoms with Crippen LogP contribution in [0.15, 0.2) is 12.1 Å². The van der Waals surface area contributed by atoms with Crippen LogP contribution in [-0.2, 0) is 12.0 Å². The lowest BCUT2D eigenvalue weighted by Gasteiger charge is -2.22. The van der Waals surface area contributed by atoms with Gasteiger partial charge in [0, 0.05) is 22.3 Å². The fourth-order valence-electron chi connectivity index (χ4n) is 3.60. The monoisotopic (exact) mass is 263 g/mol. The Hall–Kier alpha value is -0.340. The standard InChI is InChI=1S/C16H25NS/c1-16(2,3)15-7-6-13(18-15)10-17-14-9-11-4-5-12(14)8-11/h6-7,11-12,14,17H,4-5,8-10H2,1-3H3. The van der Waals surface area contributed by atoms with Gasteiger partial charge in [0.15, 0.2) is 0 Å². The minimum Gasteiger partial charge on any atom is -0.309 e. The normalized spacial score (nSPS) is 31.2. The highest BCUT2D eigenvalue weighted by atomic mass is 32.1. The molecule has 1 nitrogen and oxygen atoms in total. The average Bonchev–Trinajstić information content (AvgIpc) is 3.01. The van der Waals surface area contributed by atoms with Crippen LogP contribution in [0.3, 0.4) is 0 Å². The van der Waals surface area contributed by atoms with Gasteiger partial charge in [-0.25, -0.2) is 0 Å². The van der Waals surface area contributed by atoms with Crippen molar-refractivity contribution >= 4 is 11.3 Å². The molecule has 2 fully saturated rings. The van der Waals surface area contributed by atoms with E-state index in [0.29, 0.717) is 5.41 Å². The molecule has 1 N–H and O–H groups in total. The first kappa shape index (κ1) is 12.7. The van der Waals surface area contributed by atoms with Crippen molar-refractivity contribution in [3.63, 3.8) is 0 Å².